The molecule has 3 aromatic rings. The molecule has 152 valence electrons. The van der Waals surface area contributed by atoms with Crippen LogP contribution in [0, 0.1) is 5.82 Å². The fourth-order valence-electron chi connectivity index (χ4n) is 2.97. The van der Waals surface area contributed by atoms with Crippen LogP contribution in [0.5, 0.6) is 17.2 Å². The average molecular weight is 395 g/mol. The van der Waals surface area contributed by atoms with Crippen molar-refractivity contribution in [2.24, 2.45) is 0 Å². The number of rotatable bonds is 10. The van der Waals surface area contributed by atoms with Crippen LogP contribution in [0.2, 0.25) is 0 Å². The van der Waals surface area contributed by atoms with E-state index in [0.29, 0.717) is 17.1 Å². The lowest BCUT2D eigenvalue weighted by Crippen LogP contribution is -2.16. The average Bonchev–Trinajstić information content (AvgIpc) is 2.77. The Hall–Kier alpha value is -3.05. The minimum Gasteiger partial charge on any atom is -0.497 e. The van der Waals surface area contributed by atoms with E-state index in [1.165, 1.54) is 11.6 Å². The summed E-state index contributed by atoms with van der Waals surface area (Å²) in [5, 5.41) is 3.44. The molecule has 0 radical (unpaired) electrons. The highest BCUT2D eigenvalue weighted by molar-refractivity contribution is 5.43. The first-order chi connectivity index (χ1) is 14.2. The van der Waals surface area contributed by atoms with Gasteiger partial charge in [0.15, 0.2) is 11.5 Å². The first-order valence-electron chi connectivity index (χ1n) is 9.56. The van der Waals surface area contributed by atoms with E-state index in [1.54, 1.807) is 32.4 Å². The van der Waals surface area contributed by atoms with Gasteiger partial charge >= 0.3 is 0 Å². The van der Waals surface area contributed by atoms with Crippen LogP contribution in [-0.2, 0) is 19.6 Å². The van der Waals surface area contributed by atoms with Gasteiger partial charge in [-0.25, -0.2) is 4.39 Å². The van der Waals surface area contributed by atoms with Crippen molar-refractivity contribution < 1.29 is 18.6 Å². The van der Waals surface area contributed by atoms with Crippen LogP contribution in [0.15, 0.2) is 66.7 Å². The van der Waals surface area contributed by atoms with Gasteiger partial charge < -0.3 is 19.5 Å². The lowest BCUT2D eigenvalue weighted by molar-refractivity contribution is 0.279. The fourth-order valence-corrected chi connectivity index (χ4v) is 2.97. The summed E-state index contributed by atoms with van der Waals surface area (Å²) in [5.74, 6) is 1.82. The standard InChI is InChI=1S/C24H26FNO3/c1-27-21-10-7-18(8-11-21)13-14-26-16-19-9-12-23(24(15-19)28-2)29-17-20-5-3-4-6-22(20)25/h3-12,15,26H,13-14,16-17H2,1-2H3. The summed E-state index contributed by atoms with van der Waals surface area (Å²) < 4.78 is 30.1. The highest BCUT2D eigenvalue weighted by atomic mass is 19.1. The third kappa shape index (κ3) is 5.96. The number of hydrogen-bond donors (Lipinski definition) is 1. The topological polar surface area (TPSA) is 39.7 Å². The van der Waals surface area contributed by atoms with Crippen LogP contribution in [0.1, 0.15) is 16.7 Å². The van der Waals surface area contributed by atoms with Gasteiger partial charge in [0, 0.05) is 12.1 Å². The summed E-state index contributed by atoms with van der Waals surface area (Å²) in [4.78, 5) is 0. The normalized spacial score (nSPS) is 10.6. The summed E-state index contributed by atoms with van der Waals surface area (Å²) >= 11 is 0. The van der Waals surface area contributed by atoms with Crippen molar-refractivity contribution in [3.8, 4) is 17.2 Å². The largest absolute Gasteiger partial charge is 0.497 e. The molecule has 0 unspecified atom stereocenters. The summed E-state index contributed by atoms with van der Waals surface area (Å²) in [6, 6.07) is 20.5. The van der Waals surface area contributed by atoms with Crippen molar-refractivity contribution >= 4 is 0 Å². The molecular weight excluding hydrogens is 369 g/mol. The van der Waals surface area contributed by atoms with Gasteiger partial charge in [0.25, 0.3) is 0 Å². The molecule has 0 atom stereocenters. The van der Waals surface area contributed by atoms with Gasteiger partial charge in [0.05, 0.1) is 14.2 Å². The lowest BCUT2D eigenvalue weighted by atomic mass is 10.1. The minimum atomic E-state index is -0.274. The molecule has 0 aliphatic rings. The Morgan fingerprint density at radius 2 is 1.59 bits per heavy atom. The molecule has 0 aliphatic carbocycles. The Morgan fingerprint density at radius 3 is 2.31 bits per heavy atom. The third-order valence-corrected chi connectivity index (χ3v) is 4.65. The van der Waals surface area contributed by atoms with E-state index in [0.717, 1.165) is 30.8 Å². The van der Waals surface area contributed by atoms with Gasteiger partial charge in [0.1, 0.15) is 18.2 Å². The zero-order chi connectivity index (χ0) is 20.5. The number of ether oxygens (including phenoxy) is 3. The predicted molar refractivity (Wildman–Crippen MR) is 112 cm³/mol. The van der Waals surface area contributed by atoms with Gasteiger partial charge in [-0.05, 0) is 54.4 Å². The first-order valence-corrected chi connectivity index (χ1v) is 9.56. The Bertz CT molecular complexity index is 912. The smallest absolute Gasteiger partial charge is 0.161 e. The fraction of sp³-hybridized carbons (Fsp3) is 0.250. The first kappa shape index (κ1) is 20.7. The zero-order valence-electron chi connectivity index (χ0n) is 16.8. The van der Waals surface area contributed by atoms with Crippen LogP contribution >= 0.6 is 0 Å². The van der Waals surface area contributed by atoms with Crippen LogP contribution in [0.4, 0.5) is 4.39 Å². The summed E-state index contributed by atoms with van der Waals surface area (Å²) in [7, 11) is 3.27. The van der Waals surface area contributed by atoms with E-state index < -0.39 is 0 Å². The molecule has 1 N–H and O–H groups in total. The number of benzene rings is 3. The number of hydrogen-bond acceptors (Lipinski definition) is 4. The highest BCUT2D eigenvalue weighted by Crippen LogP contribution is 2.29. The molecule has 3 aromatic carbocycles. The van der Waals surface area contributed by atoms with Crippen molar-refractivity contribution in [3.63, 3.8) is 0 Å². The number of halogens is 1. The van der Waals surface area contributed by atoms with Crippen molar-refractivity contribution in [1.29, 1.82) is 0 Å². The van der Waals surface area contributed by atoms with E-state index in [1.807, 2.05) is 30.3 Å². The molecule has 0 saturated carbocycles. The molecule has 4 nitrogen and oxygen atoms in total. The van der Waals surface area contributed by atoms with E-state index in [4.69, 9.17) is 14.2 Å². The van der Waals surface area contributed by atoms with Gasteiger partial charge in [-0.15, -0.1) is 0 Å². The lowest BCUT2D eigenvalue weighted by Gasteiger charge is -2.13. The molecule has 0 spiro atoms. The molecule has 5 heteroatoms. The second kappa shape index (κ2) is 10.5. The SMILES string of the molecule is COc1ccc(CCNCc2ccc(OCc3ccccc3F)c(OC)c2)cc1. The molecule has 0 amide bonds. The van der Waals surface area contributed by atoms with Crippen LogP contribution in [0.3, 0.4) is 0 Å². The molecule has 0 aromatic heterocycles. The third-order valence-electron chi connectivity index (χ3n) is 4.65. The molecular formula is C24H26FNO3. The van der Waals surface area contributed by atoms with Gasteiger partial charge in [-0.2, -0.15) is 0 Å². The molecule has 0 heterocycles. The van der Waals surface area contributed by atoms with E-state index in [-0.39, 0.29) is 12.4 Å². The maximum atomic E-state index is 13.7. The van der Waals surface area contributed by atoms with Crippen LogP contribution < -0.4 is 19.5 Å². The maximum absolute atomic E-state index is 13.7. The summed E-state index contributed by atoms with van der Waals surface area (Å²) in [5.41, 5.74) is 2.86. The minimum absolute atomic E-state index is 0.155. The predicted octanol–water partition coefficient (Wildman–Crippen LogP) is 4.75. The Kier molecular flexibility index (Phi) is 7.47. The van der Waals surface area contributed by atoms with Gasteiger partial charge in [-0.3, -0.25) is 0 Å². The van der Waals surface area contributed by atoms with Crippen molar-refractivity contribution in [2.45, 2.75) is 19.6 Å². The molecule has 29 heavy (non-hydrogen) atoms. The molecule has 0 fully saturated rings. The van der Waals surface area contributed by atoms with Crippen LogP contribution in [-0.4, -0.2) is 20.8 Å². The second-order valence-electron chi connectivity index (χ2n) is 6.64. The summed E-state index contributed by atoms with van der Waals surface area (Å²) in [6.45, 7) is 1.74. The Labute approximate surface area is 171 Å². The Morgan fingerprint density at radius 1 is 0.828 bits per heavy atom. The molecule has 0 saturated heterocycles. The number of methoxy groups -OCH3 is 2. The molecule has 3 rings (SSSR count). The molecule has 0 aliphatic heterocycles. The quantitative estimate of drug-likeness (QED) is 0.503. The van der Waals surface area contributed by atoms with Gasteiger partial charge in [-0.1, -0.05) is 36.4 Å². The van der Waals surface area contributed by atoms with Crippen molar-refractivity contribution in [1.82, 2.24) is 5.32 Å². The highest BCUT2D eigenvalue weighted by Gasteiger charge is 2.08. The van der Waals surface area contributed by atoms with Crippen LogP contribution in [0.25, 0.3) is 0 Å². The monoisotopic (exact) mass is 395 g/mol. The number of nitrogens with one attached hydrogen (secondary N) is 1. The molecule has 0 bridgehead atoms. The summed E-state index contributed by atoms with van der Waals surface area (Å²) in [6.07, 6.45) is 0.935. The second-order valence-corrected chi connectivity index (χ2v) is 6.64. The Balaban J connectivity index is 1.50. The van der Waals surface area contributed by atoms with E-state index in [2.05, 4.69) is 17.4 Å². The zero-order valence-corrected chi connectivity index (χ0v) is 16.8. The van der Waals surface area contributed by atoms with E-state index in [9.17, 15) is 4.39 Å². The van der Waals surface area contributed by atoms with Crippen molar-refractivity contribution in [2.75, 3.05) is 20.8 Å². The maximum Gasteiger partial charge on any atom is 0.161 e. The van der Waals surface area contributed by atoms with E-state index >= 15 is 0 Å². The van der Waals surface area contributed by atoms with Crippen molar-refractivity contribution in [3.05, 3.63) is 89.2 Å². The van der Waals surface area contributed by atoms with Gasteiger partial charge in [0.2, 0.25) is 0 Å².